The van der Waals surface area contributed by atoms with E-state index in [2.05, 4.69) is 26.1 Å². The highest BCUT2D eigenvalue weighted by Crippen LogP contribution is 2.26. The van der Waals surface area contributed by atoms with E-state index in [4.69, 9.17) is 10.3 Å². The molecule has 0 atom stereocenters. The zero-order valence-electron chi connectivity index (χ0n) is 9.88. The van der Waals surface area contributed by atoms with Crippen molar-refractivity contribution in [2.45, 2.75) is 0 Å². The molecule has 19 heavy (non-hydrogen) atoms. The topological polar surface area (TPSA) is 64.9 Å². The third kappa shape index (κ3) is 2.51. The summed E-state index contributed by atoms with van der Waals surface area (Å²) in [4.78, 5) is 4.38. The van der Waals surface area contributed by atoms with E-state index in [-0.39, 0.29) is 0 Å². The molecular weight excluding hydrogens is 306 g/mol. The van der Waals surface area contributed by atoms with Gasteiger partial charge in [-0.2, -0.15) is 4.98 Å². The lowest BCUT2D eigenvalue weighted by molar-refractivity contribution is 0.432. The Morgan fingerprint density at radius 2 is 1.79 bits per heavy atom. The lowest BCUT2D eigenvalue weighted by Crippen LogP contribution is -1.86. The van der Waals surface area contributed by atoms with E-state index in [1.54, 1.807) is 6.07 Å². The molecule has 4 nitrogen and oxygen atoms in total. The van der Waals surface area contributed by atoms with Crippen LogP contribution in [0.15, 0.2) is 57.5 Å². The highest BCUT2D eigenvalue weighted by atomic mass is 79.9. The normalized spacial score (nSPS) is 10.6. The van der Waals surface area contributed by atoms with Crippen LogP contribution in [0.4, 0.5) is 5.69 Å². The van der Waals surface area contributed by atoms with Crippen LogP contribution >= 0.6 is 15.9 Å². The van der Waals surface area contributed by atoms with Crippen molar-refractivity contribution in [1.29, 1.82) is 0 Å². The molecule has 0 fully saturated rings. The molecule has 0 aliphatic carbocycles. The molecule has 0 spiro atoms. The zero-order chi connectivity index (χ0) is 13.2. The second-order valence-corrected chi connectivity index (χ2v) is 4.98. The largest absolute Gasteiger partial charge is 0.399 e. The van der Waals surface area contributed by atoms with Crippen LogP contribution < -0.4 is 5.73 Å². The van der Waals surface area contributed by atoms with Crippen LogP contribution in [0.5, 0.6) is 0 Å². The van der Waals surface area contributed by atoms with Crippen LogP contribution in [-0.4, -0.2) is 10.1 Å². The van der Waals surface area contributed by atoms with E-state index in [0.29, 0.717) is 17.4 Å². The number of rotatable bonds is 2. The maximum atomic E-state index is 5.79. The Labute approximate surface area is 118 Å². The highest BCUT2D eigenvalue weighted by molar-refractivity contribution is 9.10. The van der Waals surface area contributed by atoms with Gasteiger partial charge in [0.05, 0.1) is 0 Å². The van der Waals surface area contributed by atoms with Gasteiger partial charge in [-0.15, -0.1) is 0 Å². The zero-order valence-corrected chi connectivity index (χ0v) is 11.5. The standard InChI is InChI=1S/C14H10BrN3O/c15-11-6-10(7-12(16)8-11)14-17-13(18-19-14)9-4-2-1-3-5-9/h1-8H,16H2. The summed E-state index contributed by atoms with van der Waals surface area (Å²) in [5.41, 5.74) is 8.15. The van der Waals surface area contributed by atoms with Crippen LogP contribution in [-0.2, 0) is 0 Å². The molecule has 2 N–H and O–H groups in total. The average Bonchev–Trinajstić information content (AvgIpc) is 2.88. The van der Waals surface area contributed by atoms with Crippen molar-refractivity contribution in [3.05, 3.63) is 53.0 Å². The van der Waals surface area contributed by atoms with Gasteiger partial charge in [-0.1, -0.05) is 51.4 Å². The predicted molar refractivity (Wildman–Crippen MR) is 77.3 cm³/mol. The fourth-order valence-electron chi connectivity index (χ4n) is 1.78. The van der Waals surface area contributed by atoms with Crippen LogP contribution in [0.25, 0.3) is 22.8 Å². The second kappa shape index (κ2) is 4.85. The Morgan fingerprint density at radius 3 is 2.53 bits per heavy atom. The van der Waals surface area contributed by atoms with Crippen molar-refractivity contribution in [3.8, 4) is 22.8 Å². The van der Waals surface area contributed by atoms with Gasteiger partial charge >= 0.3 is 0 Å². The second-order valence-electron chi connectivity index (χ2n) is 4.06. The fraction of sp³-hybridized carbons (Fsp3) is 0. The Kier molecular flexibility index (Phi) is 3.05. The van der Waals surface area contributed by atoms with Gasteiger partial charge in [0.2, 0.25) is 5.82 Å². The van der Waals surface area contributed by atoms with Gasteiger partial charge in [-0.25, -0.2) is 0 Å². The maximum Gasteiger partial charge on any atom is 0.258 e. The van der Waals surface area contributed by atoms with Crippen LogP contribution in [0, 0.1) is 0 Å². The number of benzene rings is 2. The summed E-state index contributed by atoms with van der Waals surface area (Å²) in [5.74, 6) is 1.01. The third-order valence-electron chi connectivity index (χ3n) is 2.63. The first-order valence-electron chi connectivity index (χ1n) is 5.68. The Bertz CT molecular complexity index is 689. The van der Waals surface area contributed by atoms with Gasteiger partial charge < -0.3 is 10.3 Å². The third-order valence-corrected chi connectivity index (χ3v) is 3.08. The Morgan fingerprint density at radius 1 is 1.00 bits per heavy atom. The monoisotopic (exact) mass is 315 g/mol. The molecule has 0 radical (unpaired) electrons. The minimum absolute atomic E-state index is 0.451. The van der Waals surface area contributed by atoms with Crippen molar-refractivity contribution < 1.29 is 4.52 Å². The van der Waals surface area contributed by atoms with Crippen LogP contribution in [0.3, 0.4) is 0 Å². The molecule has 3 rings (SSSR count). The molecule has 0 aliphatic rings. The van der Waals surface area contributed by atoms with Crippen LogP contribution in [0.2, 0.25) is 0 Å². The molecular formula is C14H10BrN3O. The summed E-state index contributed by atoms with van der Waals surface area (Å²) in [5, 5.41) is 3.98. The first kappa shape index (κ1) is 11.9. The Balaban J connectivity index is 2.02. The van der Waals surface area contributed by atoms with Gasteiger partial charge in [0, 0.05) is 21.3 Å². The first-order chi connectivity index (χ1) is 9.22. The fourth-order valence-corrected chi connectivity index (χ4v) is 2.29. The van der Waals surface area contributed by atoms with Gasteiger partial charge in [0.1, 0.15) is 0 Å². The highest BCUT2D eigenvalue weighted by Gasteiger charge is 2.11. The molecule has 1 heterocycles. The SMILES string of the molecule is Nc1cc(Br)cc(-c2nc(-c3ccccc3)no2)c1. The lowest BCUT2D eigenvalue weighted by atomic mass is 10.2. The molecule has 1 aromatic heterocycles. The molecule has 0 unspecified atom stereocenters. The smallest absolute Gasteiger partial charge is 0.258 e. The number of hydrogen-bond acceptors (Lipinski definition) is 4. The Hall–Kier alpha value is -2.14. The number of anilines is 1. The van der Waals surface area contributed by atoms with E-state index < -0.39 is 0 Å². The predicted octanol–water partition coefficient (Wildman–Crippen LogP) is 3.75. The summed E-state index contributed by atoms with van der Waals surface area (Å²) >= 11 is 3.39. The van der Waals surface area contributed by atoms with Crippen molar-refractivity contribution in [3.63, 3.8) is 0 Å². The van der Waals surface area contributed by atoms with E-state index in [9.17, 15) is 0 Å². The summed E-state index contributed by atoms with van der Waals surface area (Å²) in [6.45, 7) is 0. The number of hydrogen-bond donors (Lipinski definition) is 1. The molecule has 5 heteroatoms. The van der Waals surface area contributed by atoms with Gasteiger partial charge in [-0.05, 0) is 18.2 Å². The minimum atomic E-state index is 0.451. The van der Waals surface area contributed by atoms with E-state index in [0.717, 1.165) is 15.6 Å². The first-order valence-corrected chi connectivity index (χ1v) is 6.47. The average molecular weight is 316 g/mol. The number of nitrogen functional groups attached to an aromatic ring is 1. The summed E-state index contributed by atoms with van der Waals surface area (Å²) < 4.78 is 6.15. The number of nitrogens with two attached hydrogens (primary N) is 1. The molecule has 0 saturated heterocycles. The van der Waals surface area contributed by atoms with E-state index >= 15 is 0 Å². The molecule has 2 aromatic carbocycles. The number of halogens is 1. The van der Waals surface area contributed by atoms with Crippen molar-refractivity contribution in [2.75, 3.05) is 5.73 Å². The number of aromatic nitrogens is 2. The summed E-state index contributed by atoms with van der Waals surface area (Å²) in [6.07, 6.45) is 0. The molecule has 0 bridgehead atoms. The molecule has 94 valence electrons. The molecule has 0 saturated carbocycles. The van der Waals surface area contributed by atoms with Gasteiger partial charge in [0.15, 0.2) is 0 Å². The van der Waals surface area contributed by atoms with E-state index in [1.807, 2.05) is 42.5 Å². The molecule has 3 aromatic rings. The van der Waals surface area contributed by atoms with E-state index in [1.165, 1.54) is 0 Å². The van der Waals surface area contributed by atoms with Gasteiger partial charge in [0.25, 0.3) is 5.89 Å². The summed E-state index contributed by atoms with van der Waals surface area (Å²) in [7, 11) is 0. The molecule has 0 amide bonds. The quantitative estimate of drug-likeness (QED) is 0.731. The maximum absolute atomic E-state index is 5.79. The lowest BCUT2D eigenvalue weighted by Gasteiger charge is -1.98. The summed E-state index contributed by atoms with van der Waals surface area (Å²) in [6, 6.07) is 15.2. The molecule has 0 aliphatic heterocycles. The number of nitrogens with zero attached hydrogens (tertiary/aromatic N) is 2. The van der Waals surface area contributed by atoms with Crippen molar-refractivity contribution >= 4 is 21.6 Å². The van der Waals surface area contributed by atoms with Crippen molar-refractivity contribution in [1.82, 2.24) is 10.1 Å². The van der Waals surface area contributed by atoms with Crippen molar-refractivity contribution in [2.24, 2.45) is 0 Å². The van der Waals surface area contributed by atoms with Crippen LogP contribution in [0.1, 0.15) is 0 Å². The minimum Gasteiger partial charge on any atom is -0.399 e. The van der Waals surface area contributed by atoms with Gasteiger partial charge in [-0.3, -0.25) is 0 Å².